The third kappa shape index (κ3) is 6.15. The second kappa shape index (κ2) is 9.09. The van der Waals surface area contributed by atoms with Gasteiger partial charge in [-0.05, 0) is 18.4 Å². The summed E-state index contributed by atoms with van der Waals surface area (Å²) in [6, 6.07) is 1.71. The van der Waals surface area contributed by atoms with E-state index in [0.29, 0.717) is 0 Å². The second-order valence-electron chi connectivity index (χ2n) is 4.78. The lowest BCUT2D eigenvalue weighted by Gasteiger charge is -2.00. The summed E-state index contributed by atoms with van der Waals surface area (Å²) >= 11 is 1.24. The van der Waals surface area contributed by atoms with Gasteiger partial charge in [-0.3, -0.25) is 10.1 Å². The van der Waals surface area contributed by atoms with E-state index in [1.807, 2.05) is 5.38 Å². The SMILES string of the molecule is CCCCCCCCCCc1csc([N+](=O)[O-])c1. The Kier molecular flexibility index (Phi) is 7.65. The Morgan fingerprint density at radius 2 is 1.72 bits per heavy atom. The lowest BCUT2D eigenvalue weighted by atomic mass is 10.1. The maximum atomic E-state index is 10.5. The summed E-state index contributed by atoms with van der Waals surface area (Å²) in [6.07, 6.45) is 11.4. The van der Waals surface area contributed by atoms with Crippen molar-refractivity contribution >= 4 is 16.3 Å². The molecule has 0 atom stereocenters. The molecule has 0 aliphatic heterocycles. The molecule has 0 radical (unpaired) electrons. The zero-order chi connectivity index (χ0) is 13.2. The van der Waals surface area contributed by atoms with Gasteiger partial charge in [-0.2, -0.15) is 0 Å². The van der Waals surface area contributed by atoms with E-state index in [2.05, 4.69) is 6.92 Å². The normalized spacial score (nSPS) is 10.7. The summed E-state index contributed by atoms with van der Waals surface area (Å²) in [5, 5.41) is 12.7. The highest BCUT2D eigenvalue weighted by molar-refractivity contribution is 7.13. The number of thiophene rings is 1. The van der Waals surface area contributed by atoms with Crippen LogP contribution in [0.3, 0.4) is 0 Å². The Bertz CT molecular complexity index is 349. The average Bonchev–Trinajstić information content (AvgIpc) is 2.81. The third-order valence-electron chi connectivity index (χ3n) is 3.14. The Hall–Kier alpha value is -0.900. The molecule has 0 aliphatic rings. The van der Waals surface area contributed by atoms with Crippen molar-refractivity contribution in [1.82, 2.24) is 0 Å². The van der Waals surface area contributed by atoms with Crippen molar-refractivity contribution in [2.45, 2.75) is 64.7 Å². The summed E-state index contributed by atoms with van der Waals surface area (Å²) in [4.78, 5) is 10.2. The Balaban J connectivity index is 2.02. The number of nitrogens with zero attached hydrogens (tertiary/aromatic N) is 1. The summed E-state index contributed by atoms with van der Waals surface area (Å²) in [7, 11) is 0. The van der Waals surface area contributed by atoms with Crippen LogP contribution >= 0.6 is 11.3 Å². The van der Waals surface area contributed by atoms with E-state index >= 15 is 0 Å². The van der Waals surface area contributed by atoms with Gasteiger partial charge in [0.2, 0.25) is 0 Å². The van der Waals surface area contributed by atoms with Gasteiger partial charge >= 0.3 is 5.00 Å². The van der Waals surface area contributed by atoms with Crippen LogP contribution in [0.15, 0.2) is 11.4 Å². The molecule has 0 saturated heterocycles. The Labute approximate surface area is 113 Å². The average molecular weight is 269 g/mol. The van der Waals surface area contributed by atoms with Gasteiger partial charge in [0.15, 0.2) is 0 Å². The standard InChI is InChI=1S/C14H23NO2S/c1-2-3-4-5-6-7-8-9-10-13-11-14(15(16)17)18-12-13/h11-12H,2-10H2,1H3. The van der Waals surface area contributed by atoms with Crippen molar-refractivity contribution in [2.24, 2.45) is 0 Å². The first-order valence-corrected chi connectivity index (χ1v) is 7.83. The highest BCUT2D eigenvalue weighted by Crippen LogP contribution is 2.23. The first kappa shape index (κ1) is 15.2. The molecule has 0 unspecified atom stereocenters. The molecule has 0 N–H and O–H groups in total. The molecule has 0 fully saturated rings. The van der Waals surface area contributed by atoms with Crippen LogP contribution < -0.4 is 0 Å². The first-order chi connectivity index (χ1) is 8.74. The van der Waals surface area contributed by atoms with E-state index in [9.17, 15) is 10.1 Å². The van der Waals surface area contributed by atoms with Crippen LogP contribution in [0.2, 0.25) is 0 Å². The molecule has 102 valence electrons. The summed E-state index contributed by atoms with van der Waals surface area (Å²) in [5.74, 6) is 0. The van der Waals surface area contributed by atoms with Gasteiger partial charge in [-0.15, -0.1) is 0 Å². The van der Waals surface area contributed by atoms with Crippen LogP contribution in [0.1, 0.15) is 63.9 Å². The van der Waals surface area contributed by atoms with Crippen LogP contribution in [-0.4, -0.2) is 4.92 Å². The van der Waals surface area contributed by atoms with Gasteiger partial charge in [0.25, 0.3) is 0 Å². The fraction of sp³-hybridized carbons (Fsp3) is 0.714. The maximum absolute atomic E-state index is 10.5. The molecule has 0 aliphatic carbocycles. The predicted octanol–water partition coefficient (Wildman–Crippen LogP) is 5.34. The summed E-state index contributed by atoms with van der Waals surface area (Å²) < 4.78 is 0. The van der Waals surface area contributed by atoms with Crippen molar-refractivity contribution < 1.29 is 4.92 Å². The van der Waals surface area contributed by atoms with Gasteiger partial charge in [0.05, 0.1) is 4.92 Å². The number of rotatable bonds is 10. The molecule has 1 aromatic heterocycles. The molecule has 1 rings (SSSR count). The number of aryl methyl sites for hydroxylation is 1. The third-order valence-corrected chi connectivity index (χ3v) is 4.07. The molecule has 4 heteroatoms. The molecule has 0 saturated carbocycles. The fourth-order valence-corrected chi connectivity index (χ4v) is 2.82. The van der Waals surface area contributed by atoms with Crippen LogP contribution in [0.4, 0.5) is 5.00 Å². The highest BCUT2D eigenvalue weighted by Gasteiger charge is 2.08. The van der Waals surface area contributed by atoms with E-state index in [0.717, 1.165) is 18.4 Å². The van der Waals surface area contributed by atoms with Crippen LogP contribution in [-0.2, 0) is 6.42 Å². The lowest BCUT2D eigenvalue weighted by molar-refractivity contribution is -0.380. The van der Waals surface area contributed by atoms with E-state index in [-0.39, 0.29) is 9.92 Å². The zero-order valence-corrected chi connectivity index (χ0v) is 12.0. The maximum Gasteiger partial charge on any atom is 0.324 e. The monoisotopic (exact) mass is 269 g/mol. The van der Waals surface area contributed by atoms with Gasteiger partial charge in [-0.1, -0.05) is 63.2 Å². The molecule has 0 bridgehead atoms. The minimum atomic E-state index is -0.304. The van der Waals surface area contributed by atoms with Gasteiger partial charge in [0.1, 0.15) is 0 Å². The molecule has 0 spiro atoms. The van der Waals surface area contributed by atoms with E-state index < -0.39 is 0 Å². The Morgan fingerprint density at radius 1 is 1.11 bits per heavy atom. The van der Waals surface area contributed by atoms with Gasteiger partial charge < -0.3 is 0 Å². The molecular formula is C14H23NO2S. The number of unbranched alkanes of at least 4 members (excludes halogenated alkanes) is 7. The molecule has 0 amide bonds. The minimum Gasteiger partial charge on any atom is -0.258 e. The molecule has 3 nitrogen and oxygen atoms in total. The number of hydrogen-bond donors (Lipinski definition) is 0. The smallest absolute Gasteiger partial charge is 0.258 e. The minimum absolute atomic E-state index is 0.268. The van der Waals surface area contributed by atoms with Gasteiger partial charge in [-0.25, -0.2) is 0 Å². The molecular weight excluding hydrogens is 246 g/mol. The number of nitro groups is 1. The molecule has 0 aromatic carbocycles. The van der Waals surface area contributed by atoms with Crippen LogP contribution in [0.25, 0.3) is 0 Å². The lowest BCUT2D eigenvalue weighted by Crippen LogP contribution is -1.85. The van der Waals surface area contributed by atoms with Crippen molar-refractivity contribution in [2.75, 3.05) is 0 Å². The van der Waals surface area contributed by atoms with Crippen molar-refractivity contribution in [3.8, 4) is 0 Å². The predicted molar refractivity (Wildman–Crippen MR) is 77.3 cm³/mol. The highest BCUT2D eigenvalue weighted by atomic mass is 32.1. The van der Waals surface area contributed by atoms with Crippen molar-refractivity contribution in [1.29, 1.82) is 0 Å². The summed E-state index contributed by atoms with van der Waals surface area (Å²) in [5.41, 5.74) is 1.12. The quantitative estimate of drug-likeness (QED) is 0.327. The van der Waals surface area contributed by atoms with E-state index in [1.165, 1.54) is 56.3 Å². The summed E-state index contributed by atoms with van der Waals surface area (Å²) in [6.45, 7) is 2.24. The molecule has 1 heterocycles. The van der Waals surface area contributed by atoms with E-state index in [4.69, 9.17) is 0 Å². The van der Waals surface area contributed by atoms with Gasteiger partial charge in [0, 0.05) is 11.4 Å². The largest absolute Gasteiger partial charge is 0.324 e. The van der Waals surface area contributed by atoms with Crippen molar-refractivity contribution in [3.05, 3.63) is 27.1 Å². The topological polar surface area (TPSA) is 43.1 Å². The second-order valence-corrected chi connectivity index (χ2v) is 5.66. The molecule has 18 heavy (non-hydrogen) atoms. The van der Waals surface area contributed by atoms with Crippen LogP contribution in [0.5, 0.6) is 0 Å². The first-order valence-electron chi connectivity index (χ1n) is 6.96. The van der Waals surface area contributed by atoms with Crippen LogP contribution in [0, 0.1) is 10.1 Å². The number of hydrogen-bond acceptors (Lipinski definition) is 3. The fourth-order valence-electron chi connectivity index (χ4n) is 2.05. The van der Waals surface area contributed by atoms with E-state index in [1.54, 1.807) is 6.07 Å². The zero-order valence-electron chi connectivity index (χ0n) is 11.2. The molecule has 1 aromatic rings. The van der Waals surface area contributed by atoms with Crippen molar-refractivity contribution in [3.63, 3.8) is 0 Å². The Morgan fingerprint density at radius 3 is 2.28 bits per heavy atom.